The maximum atomic E-state index is 5.62. The fourth-order valence-corrected chi connectivity index (χ4v) is 3.02. The van der Waals surface area contributed by atoms with Crippen LogP contribution in [0.15, 0.2) is 18.2 Å². The lowest BCUT2D eigenvalue weighted by atomic mass is 9.97. The van der Waals surface area contributed by atoms with Crippen molar-refractivity contribution in [1.29, 1.82) is 0 Å². The van der Waals surface area contributed by atoms with Gasteiger partial charge in [0.2, 0.25) is 0 Å². The van der Waals surface area contributed by atoms with Crippen LogP contribution in [0, 0.1) is 0 Å². The Morgan fingerprint density at radius 1 is 1.19 bits per heavy atom. The first-order valence-corrected chi connectivity index (χ1v) is 7.96. The third-order valence-electron chi connectivity index (χ3n) is 4.22. The highest BCUT2D eigenvalue weighted by atomic mass is 16.5. The summed E-state index contributed by atoms with van der Waals surface area (Å²) < 4.78 is 10.9. The third-order valence-corrected chi connectivity index (χ3v) is 4.22. The maximum absolute atomic E-state index is 5.62. The van der Waals surface area contributed by atoms with Crippen molar-refractivity contribution in [3.63, 3.8) is 0 Å². The van der Waals surface area contributed by atoms with Crippen LogP contribution in [0.5, 0.6) is 11.5 Å². The Bertz CT molecular complexity index is 431. The molecule has 1 unspecified atom stereocenters. The van der Waals surface area contributed by atoms with E-state index in [-0.39, 0.29) is 0 Å². The topological polar surface area (TPSA) is 33.7 Å². The average molecular weight is 292 g/mol. The SMILES string of the molecule is CCCCC(c1ccc(OC)cc1OC)N1CCNCC1. The van der Waals surface area contributed by atoms with Gasteiger partial charge in [-0.3, -0.25) is 4.90 Å². The Kier molecular flexibility index (Phi) is 6.33. The van der Waals surface area contributed by atoms with Gasteiger partial charge in [-0.25, -0.2) is 0 Å². The van der Waals surface area contributed by atoms with E-state index in [2.05, 4.69) is 23.2 Å². The van der Waals surface area contributed by atoms with Gasteiger partial charge >= 0.3 is 0 Å². The van der Waals surface area contributed by atoms with Crippen LogP contribution in [0.3, 0.4) is 0 Å². The smallest absolute Gasteiger partial charge is 0.127 e. The Morgan fingerprint density at radius 2 is 1.95 bits per heavy atom. The molecule has 2 rings (SSSR count). The molecule has 1 atom stereocenters. The van der Waals surface area contributed by atoms with Gasteiger partial charge in [0.15, 0.2) is 0 Å². The summed E-state index contributed by atoms with van der Waals surface area (Å²) in [5.74, 6) is 1.79. The van der Waals surface area contributed by atoms with Crippen LogP contribution < -0.4 is 14.8 Å². The highest BCUT2D eigenvalue weighted by Gasteiger charge is 2.24. The fraction of sp³-hybridized carbons (Fsp3) is 0.647. The van der Waals surface area contributed by atoms with Gasteiger partial charge in [-0.05, 0) is 12.5 Å². The zero-order valence-electron chi connectivity index (χ0n) is 13.5. The molecule has 0 radical (unpaired) electrons. The molecule has 1 aliphatic rings. The van der Waals surface area contributed by atoms with Crippen LogP contribution in [0.4, 0.5) is 0 Å². The molecule has 0 spiro atoms. The van der Waals surface area contributed by atoms with Gasteiger partial charge in [0.25, 0.3) is 0 Å². The van der Waals surface area contributed by atoms with E-state index < -0.39 is 0 Å². The summed E-state index contributed by atoms with van der Waals surface area (Å²) in [5, 5.41) is 3.43. The molecule has 0 aliphatic carbocycles. The predicted molar refractivity (Wildman–Crippen MR) is 86.3 cm³/mol. The quantitative estimate of drug-likeness (QED) is 0.838. The molecule has 21 heavy (non-hydrogen) atoms. The van der Waals surface area contributed by atoms with E-state index in [0.717, 1.165) is 37.7 Å². The number of methoxy groups -OCH3 is 2. The number of unbranched alkanes of at least 4 members (excludes halogenated alkanes) is 1. The van der Waals surface area contributed by atoms with Crippen LogP contribution >= 0.6 is 0 Å². The second kappa shape index (κ2) is 8.25. The maximum Gasteiger partial charge on any atom is 0.127 e. The first-order valence-electron chi connectivity index (χ1n) is 7.96. The number of nitrogens with one attached hydrogen (secondary N) is 1. The Labute approximate surface area is 128 Å². The number of benzene rings is 1. The Hall–Kier alpha value is -1.26. The van der Waals surface area contributed by atoms with Gasteiger partial charge < -0.3 is 14.8 Å². The highest BCUT2D eigenvalue weighted by molar-refractivity contribution is 5.42. The van der Waals surface area contributed by atoms with Crippen molar-refractivity contribution in [2.24, 2.45) is 0 Å². The van der Waals surface area contributed by atoms with E-state index in [1.807, 2.05) is 12.1 Å². The molecule has 4 nitrogen and oxygen atoms in total. The van der Waals surface area contributed by atoms with E-state index in [1.165, 1.54) is 24.8 Å². The van der Waals surface area contributed by atoms with Crippen molar-refractivity contribution in [3.05, 3.63) is 23.8 Å². The zero-order valence-corrected chi connectivity index (χ0v) is 13.5. The zero-order chi connectivity index (χ0) is 15.1. The molecule has 4 heteroatoms. The molecule has 1 N–H and O–H groups in total. The average Bonchev–Trinajstić information content (AvgIpc) is 2.56. The summed E-state index contributed by atoms with van der Waals surface area (Å²) in [5.41, 5.74) is 1.29. The van der Waals surface area contributed by atoms with Gasteiger partial charge in [0.05, 0.1) is 14.2 Å². The first-order chi connectivity index (χ1) is 10.3. The van der Waals surface area contributed by atoms with E-state index in [9.17, 15) is 0 Å². The molecule has 1 aromatic carbocycles. The molecular formula is C17H28N2O2. The lowest BCUT2D eigenvalue weighted by Crippen LogP contribution is -2.45. The van der Waals surface area contributed by atoms with E-state index in [1.54, 1.807) is 14.2 Å². The molecule has 0 amide bonds. The summed E-state index contributed by atoms with van der Waals surface area (Å²) in [4.78, 5) is 2.58. The number of hydrogen-bond donors (Lipinski definition) is 1. The Morgan fingerprint density at radius 3 is 2.57 bits per heavy atom. The van der Waals surface area contributed by atoms with Crippen LogP contribution in [0.1, 0.15) is 37.8 Å². The van der Waals surface area contributed by atoms with E-state index >= 15 is 0 Å². The monoisotopic (exact) mass is 292 g/mol. The predicted octanol–water partition coefficient (Wildman–Crippen LogP) is 2.84. The minimum atomic E-state index is 0.438. The van der Waals surface area contributed by atoms with Gasteiger partial charge in [0.1, 0.15) is 11.5 Å². The molecule has 1 aromatic rings. The molecule has 118 valence electrons. The lowest BCUT2D eigenvalue weighted by molar-refractivity contribution is 0.160. The summed E-state index contributed by atoms with van der Waals surface area (Å²) in [6.45, 7) is 6.59. The van der Waals surface area contributed by atoms with Gasteiger partial charge in [-0.2, -0.15) is 0 Å². The summed E-state index contributed by atoms with van der Waals surface area (Å²) in [6.07, 6.45) is 3.64. The van der Waals surface area contributed by atoms with E-state index in [0.29, 0.717) is 6.04 Å². The third kappa shape index (κ3) is 4.11. The van der Waals surface area contributed by atoms with Gasteiger partial charge in [-0.1, -0.05) is 25.8 Å². The van der Waals surface area contributed by atoms with Crippen molar-refractivity contribution in [2.45, 2.75) is 32.2 Å². The lowest BCUT2D eigenvalue weighted by Gasteiger charge is -2.36. The number of ether oxygens (including phenoxy) is 2. The second-order valence-electron chi connectivity index (χ2n) is 5.55. The van der Waals surface area contributed by atoms with Gasteiger partial charge in [0, 0.05) is 43.9 Å². The minimum Gasteiger partial charge on any atom is -0.497 e. The Balaban J connectivity index is 2.25. The molecule has 1 fully saturated rings. The van der Waals surface area contributed by atoms with Crippen molar-refractivity contribution in [2.75, 3.05) is 40.4 Å². The summed E-state index contributed by atoms with van der Waals surface area (Å²) >= 11 is 0. The largest absolute Gasteiger partial charge is 0.497 e. The van der Waals surface area contributed by atoms with Crippen molar-refractivity contribution >= 4 is 0 Å². The molecule has 1 heterocycles. The molecule has 0 aromatic heterocycles. The molecular weight excluding hydrogens is 264 g/mol. The number of nitrogens with zero attached hydrogens (tertiary/aromatic N) is 1. The highest BCUT2D eigenvalue weighted by Crippen LogP contribution is 2.35. The van der Waals surface area contributed by atoms with Crippen molar-refractivity contribution in [1.82, 2.24) is 10.2 Å². The van der Waals surface area contributed by atoms with E-state index in [4.69, 9.17) is 9.47 Å². The van der Waals surface area contributed by atoms with Crippen molar-refractivity contribution < 1.29 is 9.47 Å². The number of piperazine rings is 1. The van der Waals surface area contributed by atoms with Gasteiger partial charge in [-0.15, -0.1) is 0 Å². The molecule has 1 saturated heterocycles. The normalized spacial score (nSPS) is 17.5. The van der Waals surface area contributed by atoms with Crippen LogP contribution in [-0.2, 0) is 0 Å². The number of rotatable bonds is 7. The van der Waals surface area contributed by atoms with Crippen LogP contribution in [-0.4, -0.2) is 45.3 Å². The van der Waals surface area contributed by atoms with Crippen molar-refractivity contribution in [3.8, 4) is 11.5 Å². The first kappa shape index (κ1) is 16.1. The molecule has 0 saturated carbocycles. The second-order valence-corrected chi connectivity index (χ2v) is 5.55. The standard InChI is InChI=1S/C17H28N2O2/c1-4-5-6-16(19-11-9-18-10-12-19)15-8-7-14(20-2)13-17(15)21-3/h7-8,13,16,18H,4-6,9-12H2,1-3H3. The van der Waals surface area contributed by atoms with Crippen LogP contribution in [0.2, 0.25) is 0 Å². The molecule has 1 aliphatic heterocycles. The summed E-state index contributed by atoms with van der Waals surface area (Å²) in [7, 11) is 3.44. The summed E-state index contributed by atoms with van der Waals surface area (Å²) in [6, 6.07) is 6.64. The molecule has 0 bridgehead atoms. The van der Waals surface area contributed by atoms with Crippen LogP contribution in [0.25, 0.3) is 0 Å². The fourth-order valence-electron chi connectivity index (χ4n) is 3.02. The minimum absolute atomic E-state index is 0.438. The number of hydrogen-bond acceptors (Lipinski definition) is 4.